The lowest BCUT2D eigenvalue weighted by Gasteiger charge is -2.13. The van der Waals surface area contributed by atoms with E-state index in [9.17, 15) is 4.79 Å². The SMILES string of the molecule is COc1cccc(COC(C)C(=O)Nc2nccc(-c3ccco3)n2)c1. The largest absolute Gasteiger partial charge is 0.497 e. The molecule has 1 aromatic carbocycles. The van der Waals surface area contributed by atoms with E-state index in [2.05, 4.69) is 15.3 Å². The first-order valence-electron chi connectivity index (χ1n) is 8.08. The fourth-order valence-corrected chi connectivity index (χ4v) is 2.25. The summed E-state index contributed by atoms with van der Waals surface area (Å²) < 4.78 is 16.1. The lowest BCUT2D eigenvalue weighted by molar-refractivity contribution is -0.127. The number of nitrogens with one attached hydrogen (secondary N) is 1. The quantitative estimate of drug-likeness (QED) is 0.701. The van der Waals surface area contributed by atoms with Gasteiger partial charge in [0.15, 0.2) is 5.76 Å². The lowest BCUT2D eigenvalue weighted by Crippen LogP contribution is -2.28. The van der Waals surface area contributed by atoms with Crippen LogP contribution in [-0.2, 0) is 16.1 Å². The van der Waals surface area contributed by atoms with E-state index in [1.54, 1.807) is 44.7 Å². The minimum absolute atomic E-state index is 0.195. The predicted octanol–water partition coefficient (Wildman–Crippen LogP) is 3.29. The van der Waals surface area contributed by atoms with Gasteiger partial charge in [-0.05, 0) is 42.8 Å². The highest BCUT2D eigenvalue weighted by Crippen LogP contribution is 2.18. The zero-order valence-electron chi connectivity index (χ0n) is 14.5. The van der Waals surface area contributed by atoms with E-state index < -0.39 is 6.10 Å². The van der Waals surface area contributed by atoms with Gasteiger partial charge in [0.2, 0.25) is 5.95 Å². The second-order valence-electron chi connectivity index (χ2n) is 5.54. The lowest BCUT2D eigenvalue weighted by atomic mass is 10.2. The molecular weight excluding hydrogens is 334 g/mol. The Morgan fingerprint density at radius 1 is 1.27 bits per heavy atom. The number of carbonyl (C=O) groups excluding carboxylic acids is 1. The fourth-order valence-electron chi connectivity index (χ4n) is 2.25. The molecule has 0 aliphatic carbocycles. The van der Waals surface area contributed by atoms with Crippen molar-refractivity contribution in [2.24, 2.45) is 0 Å². The van der Waals surface area contributed by atoms with Crippen molar-refractivity contribution < 1.29 is 18.7 Å². The number of hydrogen-bond donors (Lipinski definition) is 1. The monoisotopic (exact) mass is 353 g/mol. The summed E-state index contributed by atoms with van der Waals surface area (Å²) in [5, 5.41) is 2.65. The van der Waals surface area contributed by atoms with Gasteiger partial charge in [-0.1, -0.05) is 12.1 Å². The Hall–Kier alpha value is -3.19. The first kappa shape index (κ1) is 17.6. The van der Waals surface area contributed by atoms with Gasteiger partial charge in [0.1, 0.15) is 17.5 Å². The van der Waals surface area contributed by atoms with Crippen molar-refractivity contribution in [3.05, 3.63) is 60.5 Å². The molecule has 0 spiro atoms. The summed E-state index contributed by atoms with van der Waals surface area (Å²) in [6.07, 6.45) is 2.45. The summed E-state index contributed by atoms with van der Waals surface area (Å²) in [5.41, 5.74) is 1.50. The minimum atomic E-state index is -0.669. The molecule has 26 heavy (non-hydrogen) atoms. The van der Waals surface area contributed by atoms with E-state index in [-0.39, 0.29) is 11.9 Å². The van der Waals surface area contributed by atoms with Crippen LogP contribution in [0.15, 0.2) is 59.3 Å². The molecule has 7 nitrogen and oxygen atoms in total. The Kier molecular flexibility index (Phi) is 5.60. The smallest absolute Gasteiger partial charge is 0.255 e. The van der Waals surface area contributed by atoms with Crippen molar-refractivity contribution in [2.45, 2.75) is 19.6 Å². The van der Waals surface area contributed by atoms with Crippen molar-refractivity contribution in [1.29, 1.82) is 0 Å². The van der Waals surface area contributed by atoms with Gasteiger partial charge in [-0.15, -0.1) is 0 Å². The van der Waals surface area contributed by atoms with Gasteiger partial charge in [0, 0.05) is 6.20 Å². The van der Waals surface area contributed by atoms with Crippen molar-refractivity contribution in [3.63, 3.8) is 0 Å². The number of methoxy groups -OCH3 is 1. The van der Waals surface area contributed by atoms with Gasteiger partial charge in [-0.3, -0.25) is 10.1 Å². The molecule has 0 aliphatic rings. The van der Waals surface area contributed by atoms with E-state index >= 15 is 0 Å². The molecular formula is C19H19N3O4. The number of benzene rings is 1. The van der Waals surface area contributed by atoms with Crippen LogP contribution in [0, 0.1) is 0 Å². The number of ether oxygens (including phenoxy) is 2. The predicted molar refractivity (Wildman–Crippen MR) is 95.6 cm³/mol. The number of furan rings is 1. The fraction of sp³-hybridized carbons (Fsp3) is 0.211. The number of hydrogen-bond acceptors (Lipinski definition) is 6. The van der Waals surface area contributed by atoms with Gasteiger partial charge < -0.3 is 13.9 Å². The maximum Gasteiger partial charge on any atom is 0.255 e. The number of nitrogens with zero attached hydrogens (tertiary/aromatic N) is 2. The van der Waals surface area contributed by atoms with Crippen LogP contribution in [0.5, 0.6) is 5.75 Å². The Morgan fingerprint density at radius 2 is 2.15 bits per heavy atom. The maximum atomic E-state index is 12.3. The first-order valence-corrected chi connectivity index (χ1v) is 8.08. The maximum absolute atomic E-state index is 12.3. The van der Waals surface area contributed by atoms with Crippen LogP contribution in [0.4, 0.5) is 5.95 Å². The second-order valence-corrected chi connectivity index (χ2v) is 5.54. The molecule has 1 atom stereocenters. The van der Waals surface area contributed by atoms with Gasteiger partial charge in [0.25, 0.3) is 5.91 Å². The van der Waals surface area contributed by atoms with Crippen LogP contribution >= 0.6 is 0 Å². The highest BCUT2D eigenvalue weighted by Gasteiger charge is 2.15. The van der Waals surface area contributed by atoms with E-state index in [0.717, 1.165) is 11.3 Å². The van der Waals surface area contributed by atoms with Gasteiger partial charge >= 0.3 is 0 Å². The molecule has 2 aromatic heterocycles. The number of anilines is 1. The van der Waals surface area contributed by atoms with E-state index in [0.29, 0.717) is 18.1 Å². The molecule has 3 aromatic rings. The first-order chi connectivity index (χ1) is 12.7. The third kappa shape index (κ3) is 4.46. The highest BCUT2D eigenvalue weighted by atomic mass is 16.5. The van der Waals surface area contributed by atoms with Crippen molar-refractivity contribution in [2.75, 3.05) is 12.4 Å². The summed E-state index contributed by atoms with van der Waals surface area (Å²) in [5.74, 6) is 1.21. The van der Waals surface area contributed by atoms with E-state index in [4.69, 9.17) is 13.9 Å². The number of aromatic nitrogens is 2. The Bertz CT molecular complexity index is 865. The third-order valence-electron chi connectivity index (χ3n) is 3.67. The van der Waals surface area contributed by atoms with Gasteiger partial charge in [-0.2, -0.15) is 0 Å². The Morgan fingerprint density at radius 3 is 2.92 bits per heavy atom. The Balaban J connectivity index is 1.58. The van der Waals surface area contributed by atoms with Crippen molar-refractivity contribution in [3.8, 4) is 17.2 Å². The Labute approximate surface area is 151 Å². The molecule has 0 radical (unpaired) electrons. The van der Waals surface area contributed by atoms with Crippen LogP contribution in [0.2, 0.25) is 0 Å². The molecule has 134 valence electrons. The average Bonchev–Trinajstić information content (AvgIpc) is 3.21. The van der Waals surface area contributed by atoms with E-state index in [1.807, 2.05) is 24.3 Å². The molecule has 0 bridgehead atoms. The van der Waals surface area contributed by atoms with Crippen LogP contribution in [0.1, 0.15) is 12.5 Å². The number of rotatable bonds is 7. The topological polar surface area (TPSA) is 86.5 Å². The summed E-state index contributed by atoms with van der Waals surface area (Å²) >= 11 is 0. The highest BCUT2D eigenvalue weighted by molar-refractivity contribution is 5.92. The van der Waals surface area contributed by atoms with Crippen molar-refractivity contribution in [1.82, 2.24) is 9.97 Å². The van der Waals surface area contributed by atoms with E-state index in [1.165, 1.54) is 0 Å². The molecule has 2 heterocycles. The third-order valence-corrected chi connectivity index (χ3v) is 3.67. The molecule has 1 amide bonds. The molecule has 7 heteroatoms. The normalized spacial score (nSPS) is 11.8. The summed E-state index contributed by atoms with van der Waals surface area (Å²) in [6.45, 7) is 1.96. The summed E-state index contributed by atoms with van der Waals surface area (Å²) in [7, 11) is 1.60. The molecule has 3 rings (SSSR count). The zero-order chi connectivity index (χ0) is 18.4. The molecule has 0 saturated heterocycles. The molecule has 0 fully saturated rings. The zero-order valence-corrected chi connectivity index (χ0v) is 14.5. The molecule has 1 unspecified atom stereocenters. The van der Waals surface area contributed by atoms with Gasteiger partial charge in [0.05, 0.1) is 20.0 Å². The molecule has 0 aliphatic heterocycles. The van der Waals surface area contributed by atoms with Gasteiger partial charge in [-0.25, -0.2) is 9.97 Å². The second kappa shape index (κ2) is 8.26. The average molecular weight is 353 g/mol. The summed E-state index contributed by atoms with van der Waals surface area (Å²) in [6, 6.07) is 12.7. The summed E-state index contributed by atoms with van der Waals surface area (Å²) in [4.78, 5) is 20.6. The molecule has 0 saturated carbocycles. The van der Waals surface area contributed by atoms with Crippen LogP contribution < -0.4 is 10.1 Å². The minimum Gasteiger partial charge on any atom is -0.497 e. The van der Waals surface area contributed by atoms with Crippen LogP contribution in [0.3, 0.4) is 0 Å². The molecule has 1 N–H and O–H groups in total. The standard InChI is InChI=1S/C19H19N3O4/c1-13(26-12-14-5-3-6-15(11-14)24-2)18(23)22-19-20-9-8-16(21-19)17-7-4-10-25-17/h3-11,13H,12H2,1-2H3,(H,20,21,22,23). The van der Waals surface area contributed by atoms with Crippen molar-refractivity contribution >= 4 is 11.9 Å². The number of amides is 1. The number of carbonyl (C=O) groups is 1. The van der Waals surface area contributed by atoms with Crippen LogP contribution in [0.25, 0.3) is 11.5 Å². The van der Waals surface area contributed by atoms with Crippen LogP contribution in [-0.4, -0.2) is 29.1 Å².